The predicted octanol–water partition coefficient (Wildman–Crippen LogP) is 5.67. The van der Waals surface area contributed by atoms with Crippen molar-refractivity contribution in [2.24, 2.45) is 0 Å². The molecular formula is C15H28. The molecule has 0 aromatic rings. The Balaban J connectivity index is 0. The van der Waals surface area contributed by atoms with Crippen molar-refractivity contribution in [3.05, 3.63) is 34.9 Å². The first-order valence-electron chi connectivity index (χ1n) is 6.22. The van der Waals surface area contributed by atoms with E-state index >= 15 is 0 Å². The molecular weight excluding hydrogens is 180 g/mol. The molecule has 0 aromatic carbocycles. The number of allylic oxidation sites excluding steroid dienone is 6. The third kappa shape index (κ3) is 8.23. The van der Waals surface area contributed by atoms with Crippen molar-refractivity contribution in [3.63, 3.8) is 0 Å². The topological polar surface area (TPSA) is 0 Å². The summed E-state index contributed by atoms with van der Waals surface area (Å²) in [6.07, 6.45) is 9.31. The van der Waals surface area contributed by atoms with E-state index in [4.69, 9.17) is 0 Å². The van der Waals surface area contributed by atoms with Gasteiger partial charge in [-0.1, -0.05) is 51.5 Å². The van der Waals surface area contributed by atoms with Crippen molar-refractivity contribution >= 4 is 0 Å². The minimum absolute atomic E-state index is 1.20. The van der Waals surface area contributed by atoms with Crippen molar-refractivity contribution in [3.8, 4) is 0 Å². The summed E-state index contributed by atoms with van der Waals surface area (Å²) in [5.74, 6) is 0. The van der Waals surface area contributed by atoms with Crippen molar-refractivity contribution in [2.75, 3.05) is 0 Å². The van der Waals surface area contributed by atoms with E-state index in [2.05, 4.69) is 39.0 Å². The van der Waals surface area contributed by atoms with E-state index in [1.165, 1.54) is 29.6 Å². The molecule has 0 saturated heterocycles. The lowest BCUT2D eigenvalue weighted by Gasteiger charge is -2.08. The van der Waals surface area contributed by atoms with Crippen LogP contribution in [0.25, 0.3) is 0 Å². The Bertz CT molecular complexity index is 222. The zero-order valence-electron chi connectivity index (χ0n) is 11.6. The highest BCUT2D eigenvalue weighted by Crippen LogP contribution is 2.19. The van der Waals surface area contributed by atoms with Crippen molar-refractivity contribution in [2.45, 2.75) is 61.3 Å². The summed E-state index contributed by atoms with van der Waals surface area (Å²) in [4.78, 5) is 0. The van der Waals surface area contributed by atoms with Crippen LogP contribution >= 0.6 is 0 Å². The van der Waals surface area contributed by atoms with Gasteiger partial charge in [-0.2, -0.15) is 0 Å². The van der Waals surface area contributed by atoms with Crippen LogP contribution in [0.4, 0.5) is 0 Å². The van der Waals surface area contributed by atoms with E-state index in [-0.39, 0.29) is 0 Å². The monoisotopic (exact) mass is 208 g/mol. The number of rotatable bonds is 1. The Morgan fingerprint density at radius 2 is 1.47 bits per heavy atom. The maximum Gasteiger partial charge on any atom is -0.0271 e. The van der Waals surface area contributed by atoms with Crippen LogP contribution in [0.3, 0.4) is 0 Å². The molecule has 0 radical (unpaired) electrons. The molecule has 0 heterocycles. The smallest absolute Gasteiger partial charge is 0.0271 e. The zero-order valence-corrected chi connectivity index (χ0v) is 11.6. The van der Waals surface area contributed by atoms with E-state index < -0.39 is 0 Å². The van der Waals surface area contributed by atoms with Gasteiger partial charge in [-0.25, -0.2) is 0 Å². The summed E-state index contributed by atoms with van der Waals surface area (Å²) in [7, 11) is 0. The molecule has 1 aliphatic rings. The summed E-state index contributed by atoms with van der Waals surface area (Å²) in [5.41, 5.74) is 4.22. The molecule has 1 rings (SSSR count). The maximum absolute atomic E-state index is 2.32. The van der Waals surface area contributed by atoms with Gasteiger partial charge in [0.1, 0.15) is 0 Å². The van der Waals surface area contributed by atoms with Crippen molar-refractivity contribution in [1.82, 2.24) is 0 Å². The molecule has 0 heteroatoms. The quantitative estimate of drug-likeness (QED) is 0.520. The summed E-state index contributed by atoms with van der Waals surface area (Å²) in [5, 5.41) is 0. The van der Waals surface area contributed by atoms with E-state index in [0.29, 0.717) is 0 Å². The minimum atomic E-state index is 1.20. The van der Waals surface area contributed by atoms with Gasteiger partial charge in [-0.15, -0.1) is 0 Å². The fourth-order valence-corrected chi connectivity index (χ4v) is 1.30. The molecule has 0 unspecified atom stereocenters. The van der Waals surface area contributed by atoms with Crippen LogP contribution in [0.1, 0.15) is 61.3 Å². The first kappa shape index (κ1) is 16.6. The first-order chi connectivity index (χ1) is 7.20. The van der Waals surface area contributed by atoms with E-state index in [1.807, 2.05) is 27.7 Å². The maximum atomic E-state index is 2.32. The molecule has 0 nitrogen and oxygen atoms in total. The molecule has 0 atom stereocenters. The number of hydrogen-bond acceptors (Lipinski definition) is 0. The van der Waals surface area contributed by atoms with Gasteiger partial charge in [0, 0.05) is 0 Å². The molecule has 0 aromatic heterocycles. The van der Waals surface area contributed by atoms with Crippen LogP contribution in [0.2, 0.25) is 0 Å². The molecule has 0 N–H and O–H groups in total. The molecule has 0 bridgehead atoms. The van der Waals surface area contributed by atoms with Crippen LogP contribution in [-0.4, -0.2) is 0 Å². The van der Waals surface area contributed by atoms with Gasteiger partial charge >= 0.3 is 0 Å². The molecule has 0 aliphatic heterocycles. The molecule has 15 heavy (non-hydrogen) atoms. The average molecular weight is 208 g/mol. The lowest BCUT2D eigenvalue weighted by molar-refractivity contribution is 0.999. The Kier molecular flexibility index (Phi) is 12.5. The molecule has 0 fully saturated rings. The van der Waals surface area contributed by atoms with E-state index in [9.17, 15) is 0 Å². The Morgan fingerprint density at radius 1 is 1.00 bits per heavy atom. The van der Waals surface area contributed by atoms with Crippen LogP contribution in [0.5, 0.6) is 0 Å². The van der Waals surface area contributed by atoms with Gasteiger partial charge in [0.15, 0.2) is 0 Å². The van der Waals surface area contributed by atoms with Crippen molar-refractivity contribution in [1.29, 1.82) is 0 Å². The lowest BCUT2D eigenvalue weighted by Crippen LogP contribution is -1.88. The molecule has 88 valence electrons. The summed E-state index contributed by atoms with van der Waals surface area (Å²) < 4.78 is 0. The fourth-order valence-electron chi connectivity index (χ4n) is 1.30. The standard InChI is InChI=1S/C11H16.2C2H6/c1-9(2)8-11-7-5-4-6-10(11)3;2*1-2/h6-8H,4-5H2,1-3H3;2*1-2H3. The van der Waals surface area contributed by atoms with E-state index in [1.54, 1.807) is 0 Å². The van der Waals surface area contributed by atoms with Crippen molar-refractivity contribution < 1.29 is 0 Å². The highest BCUT2D eigenvalue weighted by Gasteiger charge is 1.99. The van der Waals surface area contributed by atoms with Gasteiger partial charge in [0.05, 0.1) is 0 Å². The predicted molar refractivity (Wildman–Crippen MR) is 73.2 cm³/mol. The van der Waals surface area contributed by atoms with Crippen LogP contribution in [-0.2, 0) is 0 Å². The second-order valence-corrected chi connectivity index (χ2v) is 3.35. The molecule has 0 spiro atoms. The highest BCUT2D eigenvalue weighted by atomic mass is 14.1. The zero-order chi connectivity index (χ0) is 12.3. The highest BCUT2D eigenvalue weighted by molar-refractivity contribution is 5.41. The second kappa shape index (κ2) is 11.3. The fraction of sp³-hybridized carbons (Fsp3) is 0.600. The summed E-state index contributed by atoms with van der Waals surface area (Å²) in [6.45, 7) is 14.5. The van der Waals surface area contributed by atoms with Gasteiger partial charge < -0.3 is 0 Å². The van der Waals surface area contributed by atoms with Crippen LogP contribution in [0, 0.1) is 0 Å². The first-order valence-corrected chi connectivity index (χ1v) is 6.22. The summed E-state index contributed by atoms with van der Waals surface area (Å²) >= 11 is 0. The third-order valence-electron chi connectivity index (χ3n) is 1.88. The minimum Gasteiger partial charge on any atom is -0.0807 e. The van der Waals surface area contributed by atoms with Crippen LogP contribution in [0.15, 0.2) is 34.9 Å². The third-order valence-corrected chi connectivity index (χ3v) is 1.88. The average Bonchev–Trinajstić information content (AvgIpc) is 2.27. The summed E-state index contributed by atoms with van der Waals surface area (Å²) in [6, 6.07) is 0. The Hall–Kier alpha value is -0.780. The SMILES string of the molecule is CC.CC.CC(C)=CC1=CCCC=C1C. The van der Waals surface area contributed by atoms with Gasteiger partial charge in [0.25, 0.3) is 0 Å². The molecule has 1 aliphatic carbocycles. The van der Waals surface area contributed by atoms with Crippen LogP contribution < -0.4 is 0 Å². The molecule has 0 amide bonds. The van der Waals surface area contributed by atoms with Gasteiger partial charge in [-0.3, -0.25) is 0 Å². The van der Waals surface area contributed by atoms with Gasteiger partial charge in [-0.05, 0) is 44.8 Å². The van der Waals surface area contributed by atoms with Gasteiger partial charge in [0.2, 0.25) is 0 Å². The Labute approximate surface area is 96.8 Å². The number of hydrogen-bond donors (Lipinski definition) is 0. The largest absolute Gasteiger partial charge is 0.0807 e. The Morgan fingerprint density at radius 3 is 1.87 bits per heavy atom. The normalized spacial score (nSPS) is 13.3. The van der Waals surface area contributed by atoms with E-state index in [0.717, 1.165) is 0 Å². The second-order valence-electron chi connectivity index (χ2n) is 3.35. The molecule has 0 saturated carbocycles. The lowest BCUT2D eigenvalue weighted by atomic mass is 9.98.